The van der Waals surface area contributed by atoms with Crippen LogP contribution in [0.25, 0.3) is 0 Å². The fourth-order valence-corrected chi connectivity index (χ4v) is 4.19. The van der Waals surface area contributed by atoms with Crippen LogP contribution in [0.5, 0.6) is 0 Å². The first kappa shape index (κ1) is 15.3. The zero-order valence-electron chi connectivity index (χ0n) is 13.3. The molecule has 5 heteroatoms. The summed E-state index contributed by atoms with van der Waals surface area (Å²) >= 11 is 0. The molecule has 1 saturated carbocycles. The van der Waals surface area contributed by atoms with Gasteiger partial charge in [-0.25, -0.2) is 0 Å². The third kappa shape index (κ3) is 2.27. The number of carbonyl (C=O) groups is 3. The summed E-state index contributed by atoms with van der Waals surface area (Å²) in [6.07, 6.45) is 3.86. The molecule has 0 N–H and O–H groups in total. The molecule has 0 radical (unpaired) electrons. The Morgan fingerprint density at radius 2 is 2.09 bits per heavy atom. The maximum Gasteiger partial charge on any atom is 0.309 e. The topological polar surface area (TPSA) is 69.7 Å². The van der Waals surface area contributed by atoms with Gasteiger partial charge in [-0.1, -0.05) is 19.4 Å². The van der Waals surface area contributed by atoms with Crippen LogP contribution in [0, 0.1) is 17.3 Å². The highest BCUT2D eigenvalue weighted by molar-refractivity contribution is 5.98. The Hall–Kier alpha value is -1.65. The van der Waals surface area contributed by atoms with Gasteiger partial charge in [-0.15, -0.1) is 0 Å². The third-order valence-electron chi connectivity index (χ3n) is 5.67. The molecule has 1 saturated heterocycles. The minimum atomic E-state index is -0.632. The second kappa shape index (κ2) is 5.21. The van der Waals surface area contributed by atoms with E-state index in [0.29, 0.717) is 0 Å². The van der Waals surface area contributed by atoms with Crippen molar-refractivity contribution in [2.75, 3.05) is 0 Å². The van der Waals surface area contributed by atoms with E-state index in [2.05, 4.69) is 6.92 Å². The van der Waals surface area contributed by atoms with Gasteiger partial charge in [0, 0.05) is 18.3 Å². The van der Waals surface area contributed by atoms with E-state index in [1.54, 1.807) is 6.08 Å². The highest BCUT2D eigenvalue weighted by Gasteiger charge is 2.51. The number of rotatable bonds is 1. The second-order valence-corrected chi connectivity index (χ2v) is 6.97. The van der Waals surface area contributed by atoms with Gasteiger partial charge in [0.05, 0.1) is 5.92 Å². The molecule has 5 nitrogen and oxygen atoms in total. The SMILES string of the molecule is CC(=O)O[C@H]1CC/C2=C/C(=O)[C@H]3OC(=O)[C@@H](C)[C@@H]3CC[C@]21C. The third-order valence-corrected chi connectivity index (χ3v) is 5.67. The highest BCUT2D eigenvalue weighted by Crippen LogP contribution is 2.51. The summed E-state index contributed by atoms with van der Waals surface area (Å²) in [6.45, 7) is 5.31. The minimum Gasteiger partial charge on any atom is -0.462 e. The Kier molecular flexibility index (Phi) is 3.62. The molecule has 1 heterocycles. The van der Waals surface area contributed by atoms with Gasteiger partial charge in [0.25, 0.3) is 0 Å². The highest BCUT2D eigenvalue weighted by atomic mass is 16.6. The molecule has 3 rings (SSSR count). The number of esters is 2. The first-order valence-electron chi connectivity index (χ1n) is 7.95. The lowest BCUT2D eigenvalue weighted by atomic mass is 9.71. The van der Waals surface area contributed by atoms with Gasteiger partial charge in [-0.2, -0.15) is 0 Å². The van der Waals surface area contributed by atoms with E-state index in [-0.39, 0.29) is 41.1 Å². The molecule has 2 fully saturated rings. The second-order valence-electron chi connectivity index (χ2n) is 6.97. The Labute approximate surface area is 130 Å². The van der Waals surface area contributed by atoms with Crippen molar-refractivity contribution >= 4 is 17.7 Å². The van der Waals surface area contributed by atoms with E-state index >= 15 is 0 Å². The van der Waals surface area contributed by atoms with Crippen molar-refractivity contribution in [3.8, 4) is 0 Å². The van der Waals surface area contributed by atoms with Gasteiger partial charge in [-0.3, -0.25) is 14.4 Å². The van der Waals surface area contributed by atoms with E-state index in [1.807, 2.05) is 6.92 Å². The van der Waals surface area contributed by atoms with Gasteiger partial charge in [0.15, 0.2) is 11.9 Å². The molecular weight excluding hydrogens is 284 g/mol. The van der Waals surface area contributed by atoms with Gasteiger partial charge in [0.2, 0.25) is 0 Å². The smallest absolute Gasteiger partial charge is 0.309 e. The molecule has 0 amide bonds. The molecule has 0 aromatic rings. The lowest BCUT2D eigenvalue weighted by molar-refractivity contribution is -0.151. The summed E-state index contributed by atoms with van der Waals surface area (Å²) in [6, 6.07) is 0. The molecule has 0 aromatic heterocycles. The number of ether oxygens (including phenoxy) is 2. The Balaban J connectivity index is 1.92. The number of ketones is 1. The van der Waals surface area contributed by atoms with Crippen LogP contribution < -0.4 is 0 Å². The van der Waals surface area contributed by atoms with E-state index in [4.69, 9.17) is 9.47 Å². The summed E-state index contributed by atoms with van der Waals surface area (Å²) in [5, 5.41) is 0. The van der Waals surface area contributed by atoms with Crippen LogP contribution in [0.3, 0.4) is 0 Å². The average Bonchev–Trinajstić information content (AvgIpc) is 2.88. The fourth-order valence-electron chi connectivity index (χ4n) is 4.19. The lowest BCUT2D eigenvalue weighted by Gasteiger charge is -2.35. The molecular formula is C17H22O5. The summed E-state index contributed by atoms with van der Waals surface area (Å²) < 4.78 is 10.8. The normalized spacial score (nSPS) is 43.3. The number of hydrogen-bond acceptors (Lipinski definition) is 5. The van der Waals surface area contributed by atoms with Crippen molar-refractivity contribution in [1.29, 1.82) is 0 Å². The van der Waals surface area contributed by atoms with Crippen molar-refractivity contribution < 1.29 is 23.9 Å². The molecule has 3 aliphatic rings. The predicted molar refractivity (Wildman–Crippen MR) is 77.8 cm³/mol. The zero-order valence-corrected chi connectivity index (χ0v) is 13.3. The van der Waals surface area contributed by atoms with Gasteiger partial charge >= 0.3 is 11.9 Å². The van der Waals surface area contributed by atoms with Crippen LogP contribution >= 0.6 is 0 Å². The van der Waals surface area contributed by atoms with E-state index in [1.165, 1.54) is 6.92 Å². The molecule has 2 aliphatic carbocycles. The van der Waals surface area contributed by atoms with Crippen LogP contribution in [0.15, 0.2) is 11.6 Å². The molecule has 1 aliphatic heterocycles. The van der Waals surface area contributed by atoms with Crippen LogP contribution in [0.2, 0.25) is 0 Å². The van der Waals surface area contributed by atoms with Crippen LogP contribution in [0.1, 0.15) is 46.5 Å². The zero-order chi connectivity index (χ0) is 16.1. The minimum absolute atomic E-state index is 0.0757. The maximum atomic E-state index is 12.5. The van der Waals surface area contributed by atoms with Gasteiger partial charge in [0.1, 0.15) is 6.10 Å². The largest absolute Gasteiger partial charge is 0.462 e. The van der Waals surface area contributed by atoms with Crippen LogP contribution in [-0.4, -0.2) is 29.9 Å². The number of fused-ring (bicyclic) bond motifs is 2. The van der Waals surface area contributed by atoms with Crippen molar-refractivity contribution in [3.05, 3.63) is 11.6 Å². The fraction of sp³-hybridized carbons (Fsp3) is 0.706. The summed E-state index contributed by atoms with van der Waals surface area (Å²) in [7, 11) is 0. The molecule has 5 atom stereocenters. The van der Waals surface area contributed by atoms with Crippen molar-refractivity contribution in [2.45, 2.75) is 58.7 Å². The van der Waals surface area contributed by atoms with Gasteiger partial charge < -0.3 is 9.47 Å². The Morgan fingerprint density at radius 3 is 2.77 bits per heavy atom. The lowest BCUT2D eigenvalue weighted by Crippen LogP contribution is -2.37. The molecule has 0 aromatic carbocycles. The van der Waals surface area contributed by atoms with Crippen molar-refractivity contribution in [3.63, 3.8) is 0 Å². The van der Waals surface area contributed by atoms with Gasteiger partial charge in [-0.05, 0) is 31.8 Å². The average molecular weight is 306 g/mol. The molecule has 0 unspecified atom stereocenters. The summed E-state index contributed by atoms with van der Waals surface area (Å²) in [4.78, 5) is 35.6. The predicted octanol–water partition coefficient (Wildman–Crippen LogP) is 2.19. The standard InChI is InChI=1S/C17H22O5/c1-9-12-6-7-17(3)11(4-5-14(17)21-10(2)18)8-13(19)15(12)22-16(9)20/h8-9,12,14-15H,4-7H2,1-3H3/b11-8-/t9-,12-,14-,15-,17+/m0/s1. The van der Waals surface area contributed by atoms with E-state index < -0.39 is 6.10 Å². The maximum absolute atomic E-state index is 12.5. The molecule has 0 spiro atoms. The summed E-state index contributed by atoms with van der Waals surface area (Å²) in [5.74, 6) is -1.01. The first-order valence-corrected chi connectivity index (χ1v) is 7.95. The number of hydrogen-bond donors (Lipinski definition) is 0. The van der Waals surface area contributed by atoms with E-state index in [0.717, 1.165) is 31.3 Å². The molecule has 120 valence electrons. The molecule has 22 heavy (non-hydrogen) atoms. The van der Waals surface area contributed by atoms with Crippen molar-refractivity contribution in [2.24, 2.45) is 17.3 Å². The van der Waals surface area contributed by atoms with Crippen molar-refractivity contribution in [1.82, 2.24) is 0 Å². The quantitative estimate of drug-likeness (QED) is 0.695. The Morgan fingerprint density at radius 1 is 1.36 bits per heavy atom. The van der Waals surface area contributed by atoms with Crippen LogP contribution in [-0.2, 0) is 23.9 Å². The van der Waals surface area contributed by atoms with E-state index in [9.17, 15) is 14.4 Å². The first-order chi connectivity index (χ1) is 10.3. The van der Waals surface area contributed by atoms with Crippen LogP contribution in [0.4, 0.5) is 0 Å². The molecule has 0 bridgehead atoms. The Bertz CT molecular complexity index is 563. The number of carbonyl (C=O) groups excluding carboxylic acids is 3. The monoisotopic (exact) mass is 306 g/mol. The summed E-state index contributed by atoms with van der Waals surface area (Å²) in [5.41, 5.74) is 0.718.